The van der Waals surface area contributed by atoms with Crippen molar-refractivity contribution in [1.82, 2.24) is 38.2 Å². The summed E-state index contributed by atoms with van der Waals surface area (Å²) in [6, 6.07) is 141. The van der Waals surface area contributed by atoms with Crippen LogP contribution in [-0.2, 0) is 0 Å². The molecule has 10 heteroatoms. The topological polar surface area (TPSA) is 119 Å². The monoisotopic (exact) mass is 1480 g/mol. The molecule has 538 valence electrons. The van der Waals surface area contributed by atoms with Gasteiger partial charge >= 0.3 is 0 Å². The van der Waals surface area contributed by atoms with Crippen LogP contribution in [0.3, 0.4) is 0 Å². The van der Waals surface area contributed by atoms with Gasteiger partial charge in [-0.15, -0.1) is 0 Å². The Bertz CT molecular complexity index is 7160. The molecule has 22 aromatic rings. The second-order valence-electron chi connectivity index (χ2n) is 29.4. The number of benzene rings is 16. The zero-order valence-electron chi connectivity index (χ0n) is 62.4. The minimum Gasteiger partial charge on any atom is -0.309 e. The van der Waals surface area contributed by atoms with Crippen LogP contribution in [0.15, 0.2) is 388 Å². The lowest BCUT2D eigenvalue weighted by atomic mass is 9.96. The lowest BCUT2D eigenvalue weighted by Gasteiger charge is -2.19. The van der Waals surface area contributed by atoms with E-state index in [2.05, 4.69) is 370 Å². The Morgan fingerprint density at radius 2 is 0.414 bits per heavy atom. The van der Waals surface area contributed by atoms with Crippen molar-refractivity contribution in [3.05, 3.63) is 399 Å². The molecule has 0 spiro atoms. The standard InChI is InChI=1S/C106H64N10/c107-65-67-45-51-99(115-97-43-23-17-37-81(97)85-59-73(47-53-101(85)115)75-49-55-103(113-93-39-19-13-33-77(93)78-34-14-20-40-94(78)113)87(61-75)105-109-89(69-25-5-1-6-26-69)63-90(110-105)70-27-7-2-8-28-70)83(57-67)84-58-68(66-108)46-52-100(84)116-98-44-24-18-38-82(98)86-60-74(48-54-102(86)116)76-50-56-104(114-95-41-21-15-35-79(95)80-36-16-22-42-96(80)114)88(62-76)106-111-91(71-29-9-3-10-30-71)64-92(112-106)72-31-11-4-12-32-72/h1-64H. The van der Waals surface area contributed by atoms with E-state index in [-0.39, 0.29) is 0 Å². The summed E-state index contributed by atoms with van der Waals surface area (Å²) < 4.78 is 9.37. The van der Waals surface area contributed by atoms with Crippen LogP contribution in [0.1, 0.15) is 11.1 Å². The van der Waals surface area contributed by atoms with Crippen molar-refractivity contribution in [2.75, 3.05) is 0 Å². The van der Waals surface area contributed by atoms with Crippen molar-refractivity contribution < 1.29 is 0 Å². The predicted molar refractivity (Wildman–Crippen MR) is 473 cm³/mol. The summed E-state index contributed by atoms with van der Waals surface area (Å²) in [6.45, 7) is 0. The highest BCUT2D eigenvalue weighted by Crippen LogP contribution is 2.47. The van der Waals surface area contributed by atoms with Gasteiger partial charge in [-0.25, -0.2) is 19.9 Å². The molecule has 0 saturated carbocycles. The van der Waals surface area contributed by atoms with Gasteiger partial charge in [-0.2, -0.15) is 10.5 Å². The first kappa shape index (κ1) is 66.8. The molecule has 0 amide bonds. The van der Waals surface area contributed by atoms with Gasteiger partial charge in [0, 0.05) is 87.6 Å². The molecule has 6 aromatic heterocycles. The maximum Gasteiger partial charge on any atom is 0.162 e. The Kier molecular flexibility index (Phi) is 15.8. The van der Waals surface area contributed by atoms with Gasteiger partial charge in [0.05, 0.1) is 113 Å². The molecular formula is C106H64N10. The third kappa shape index (κ3) is 11.1. The van der Waals surface area contributed by atoms with Crippen LogP contribution < -0.4 is 0 Å². The van der Waals surface area contributed by atoms with Gasteiger partial charge in [-0.05, 0) is 156 Å². The summed E-state index contributed by atoms with van der Waals surface area (Å²) in [4.78, 5) is 22.0. The summed E-state index contributed by atoms with van der Waals surface area (Å²) >= 11 is 0. The number of aromatic nitrogens is 8. The molecule has 6 heterocycles. The number of para-hydroxylation sites is 6. The molecule has 0 N–H and O–H groups in total. The van der Waals surface area contributed by atoms with Crippen LogP contribution in [0.2, 0.25) is 0 Å². The highest BCUT2D eigenvalue weighted by molar-refractivity contribution is 6.15. The molecule has 0 fully saturated rings. The fraction of sp³-hybridized carbons (Fsp3) is 0. The smallest absolute Gasteiger partial charge is 0.162 e. The summed E-state index contributed by atoms with van der Waals surface area (Å²) in [5, 5.41) is 30.8. The fourth-order valence-electron chi connectivity index (χ4n) is 17.6. The van der Waals surface area contributed by atoms with Crippen molar-refractivity contribution >= 4 is 87.2 Å². The van der Waals surface area contributed by atoms with E-state index < -0.39 is 0 Å². The molecule has 0 atom stereocenters. The van der Waals surface area contributed by atoms with E-state index in [9.17, 15) is 10.5 Å². The molecule has 116 heavy (non-hydrogen) atoms. The molecule has 0 aliphatic carbocycles. The second-order valence-corrected chi connectivity index (χ2v) is 29.4. The molecule has 0 aliphatic rings. The highest BCUT2D eigenvalue weighted by Gasteiger charge is 2.27. The number of hydrogen-bond donors (Lipinski definition) is 0. The van der Waals surface area contributed by atoms with Crippen molar-refractivity contribution in [2.45, 2.75) is 0 Å². The highest BCUT2D eigenvalue weighted by atomic mass is 15.0. The van der Waals surface area contributed by atoms with Gasteiger partial charge in [0.1, 0.15) is 0 Å². The molecule has 0 bridgehead atoms. The summed E-state index contributed by atoms with van der Waals surface area (Å²) in [7, 11) is 0. The van der Waals surface area contributed by atoms with Crippen LogP contribution in [0.4, 0.5) is 0 Å². The Morgan fingerprint density at radius 3 is 0.707 bits per heavy atom. The van der Waals surface area contributed by atoms with E-state index in [0.29, 0.717) is 22.8 Å². The van der Waals surface area contributed by atoms with Gasteiger partial charge in [-0.1, -0.05) is 255 Å². The number of hydrogen-bond acceptors (Lipinski definition) is 6. The zero-order valence-corrected chi connectivity index (χ0v) is 62.4. The van der Waals surface area contributed by atoms with Gasteiger partial charge in [0.2, 0.25) is 0 Å². The zero-order chi connectivity index (χ0) is 76.9. The third-order valence-electron chi connectivity index (χ3n) is 22.9. The number of fused-ring (bicyclic) bond motifs is 12. The molecule has 0 aliphatic heterocycles. The largest absolute Gasteiger partial charge is 0.309 e. The molecule has 0 radical (unpaired) electrons. The Morgan fingerprint density at radius 1 is 0.181 bits per heavy atom. The summed E-state index contributed by atoms with van der Waals surface area (Å²) in [5.74, 6) is 1.20. The fourth-order valence-corrected chi connectivity index (χ4v) is 17.6. The van der Waals surface area contributed by atoms with E-state index >= 15 is 0 Å². The molecule has 16 aromatic carbocycles. The van der Waals surface area contributed by atoms with E-state index in [1.165, 1.54) is 0 Å². The molecule has 22 rings (SSSR count). The maximum atomic E-state index is 11.0. The number of rotatable bonds is 13. The lowest BCUT2D eigenvalue weighted by molar-refractivity contribution is 1.14. The maximum absolute atomic E-state index is 11.0. The van der Waals surface area contributed by atoms with Crippen LogP contribution in [0, 0.1) is 22.7 Å². The van der Waals surface area contributed by atoms with Crippen molar-refractivity contribution in [3.8, 4) is 136 Å². The van der Waals surface area contributed by atoms with Gasteiger partial charge < -0.3 is 18.3 Å². The summed E-state index contributed by atoms with van der Waals surface area (Å²) in [6.07, 6.45) is 0. The van der Waals surface area contributed by atoms with Crippen LogP contribution in [0.5, 0.6) is 0 Å². The van der Waals surface area contributed by atoms with Crippen molar-refractivity contribution in [3.63, 3.8) is 0 Å². The van der Waals surface area contributed by atoms with E-state index in [4.69, 9.17) is 19.9 Å². The average molecular weight is 1480 g/mol. The second kappa shape index (κ2) is 27.4. The third-order valence-corrected chi connectivity index (χ3v) is 22.9. The quantitative estimate of drug-likeness (QED) is 0.113. The Balaban J connectivity index is 0.706. The van der Waals surface area contributed by atoms with Gasteiger partial charge in [0.15, 0.2) is 11.6 Å². The summed E-state index contributed by atoms with van der Waals surface area (Å²) in [5.41, 5.74) is 27.4. The SMILES string of the molecule is N#Cc1ccc(-n2c3ccccc3c3cc(-c4ccc(-n5c6ccccc6c6ccccc65)c(-c5nc(-c6ccccc6)cc(-c6ccccc6)n5)c4)ccc32)c(-c2cc(C#N)ccc2-n2c3ccccc3c3cc(-c4ccc(-n5c6ccccc6c6ccccc65)c(-c5nc(-c6ccccc6)cc(-c6ccccc6)n5)c4)ccc32)c1. The normalized spacial score (nSPS) is 11.6. The Labute approximate surface area is 667 Å². The first-order chi connectivity index (χ1) is 57.4. The molecule has 10 nitrogen and oxygen atoms in total. The number of nitriles is 2. The molecule has 0 unspecified atom stereocenters. The first-order valence-electron chi connectivity index (χ1n) is 38.9. The van der Waals surface area contributed by atoms with Crippen molar-refractivity contribution in [2.24, 2.45) is 0 Å². The number of nitrogens with zero attached hydrogens (tertiary/aromatic N) is 10. The predicted octanol–water partition coefficient (Wildman–Crippen LogP) is 26.4. The minimum absolute atomic E-state index is 0.485. The van der Waals surface area contributed by atoms with Crippen LogP contribution in [-0.4, -0.2) is 38.2 Å². The van der Waals surface area contributed by atoms with Gasteiger partial charge in [0.25, 0.3) is 0 Å². The van der Waals surface area contributed by atoms with Crippen molar-refractivity contribution in [1.29, 1.82) is 10.5 Å². The van der Waals surface area contributed by atoms with E-state index in [1.807, 2.05) is 48.5 Å². The lowest BCUT2D eigenvalue weighted by Crippen LogP contribution is -2.03. The van der Waals surface area contributed by atoms with Gasteiger partial charge in [-0.3, -0.25) is 0 Å². The Hall–Kier alpha value is -16.1. The van der Waals surface area contributed by atoms with E-state index in [1.54, 1.807) is 0 Å². The average Bonchev–Trinajstić information content (AvgIpc) is 1.56. The minimum atomic E-state index is 0.485. The van der Waals surface area contributed by atoms with Crippen LogP contribution in [0.25, 0.3) is 211 Å². The molecular weight excluding hydrogens is 1410 g/mol. The molecule has 0 saturated heterocycles. The van der Waals surface area contributed by atoms with Crippen LogP contribution >= 0.6 is 0 Å². The first-order valence-corrected chi connectivity index (χ1v) is 38.9. The van der Waals surface area contributed by atoms with E-state index in [0.717, 1.165) is 200 Å².